The van der Waals surface area contributed by atoms with Crippen LogP contribution in [0.3, 0.4) is 0 Å². The fourth-order valence-corrected chi connectivity index (χ4v) is 6.72. The highest BCUT2D eigenvalue weighted by molar-refractivity contribution is 9.10. The zero-order chi connectivity index (χ0) is 23.7. The molecule has 6 heteroatoms. The van der Waals surface area contributed by atoms with E-state index in [1.54, 1.807) is 0 Å². The Hall–Kier alpha value is -2.15. The lowest BCUT2D eigenvalue weighted by molar-refractivity contribution is -0.127. The van der Waals surface area contributed by atoms with E-state index in [4.69, 9.17) is 0 Å². The largest absolute Gasteiger partial charge is 0.361 e. The Kier molecular flexibility index (Phi) is 6.83. The molecular weight excluding hydrogens is 488 g/mol. The highest BCUT2D eigenvalue weighted by Crippen LogP contribution is 2.43. The molecule has 1 aromatic heterocycles. The summed E-state index contributed by atoms with van der Waals surface area (Å²) in [4.78, 5) is 22.6. The number of rotatable bonds is 6. The van der Waals surface area contributed by atoms with Crippen molar-refractivity contribution in [2.75, 3.05) is 33.7 Å². The Balaban J connectivity index is 1.37. The summed E-state index contributed by atoms with van der Waals surface area (Å²) in [5, 5.41) is 1.29. The number of benzene rings is 2. The van der Waals surface area contributed by atoms with E-state index < -0.39 is 0 Å². The van der Waals surface area contributed by atoms with Crippen molar-refractivity contribution in [3.05, 3.63) is 70.3 Å². The molecule has 2 fully saturated rings. The molecule has 2 saturated heterocycles. The number of aromatic amines is 1. The fourth-order valence-electron chi connectivity index (χ4n) is 6.36. The van der Waals surface area contributed by atoms with E-state index in [-0.39, 0.29) is 11.6 Å². The third kappa shape index (κ3) is 4.43. The number of H-pyrrole nitrogens is 1. The number of likely N-dealkylation sites (tertiary alicyclic amines) is 2. The van der Waals surface area contributed by atoms with Crippen molar-refractivity contribution in [3.8, 4) is 0 Å². The molecule has 2 aliphatic rings. The molecule has 34 heavy (non-hydrogen) atoms. The van der Waals surface area contributed by atoms with Crippen LogP contribution in [0.5, 0.6) is 0 Å². The smallest absolute Gasteiger partial charge is 0.209 e. The van der Waals surface area contributed by atoms with Crippen molar-refractivity contribution in [1.82, 2.24) is 19.7 Å². The molecule has 5 nitrogen and oxygen atoms in total. The number of hydrogen-bond acceptors (Lipinski definition) is 3. The van der Waals surface area contributed by atoms with Gasteiger partial charge in [0.05, 0.1) is 0 Å². The van der Waals surface area contributed by atoms with Gasteiger partial charge in [-0.1, -0.05) is 46.3 Å². The van der Waals surface area contributed by atoms with E-state index in [1.165, 1.54) is 34.9 Å². The molecule has 180 valence electrons. The Labute approximate surface area is 211 Å². The van der Waals surface area contributed by atoms with Gasteiger partial charge in [-0.15, -0.1) is 0 Å². The first-order valence-electron chi connectivity index (χ1n) is 12.4. The normalized spacial score (nSPS) is 26.3. The molecule has 2 aliphatic heterocycles. The molecule has 0 bridgehead atoms. The van der Waals surface area contributed by atoms with Crippen LogP contribution >= 0.6 is 15.9 Å². The predicted molar refractivity (Wildman–Crippen MR) is 142 cm³/mol. The number of fused-ring (bicyclic) bond motifs is 1. The zero-order valence-electron chi connectivity index (χ0n) is 20.2. The molecule has 3 unspecified atom stereocenters. The second kappa shape index (κ2) is 9.84. The van der Waals surface area contributed by atoms with Gasteiger partial charge >= 0.3 is 0 Å². The standard InChI is InChI=1S/C28H35BrN4O/c1-31(2)28(23-8-4-3-5-9-23)12-14-33(20-34)27(16-28)21-7-6-13-32(18-21)19-22-17-30-26-11-10-24(29)15-25(22)26/h3-5,8-11,15,17,20-21,27,30H,6-7,12-14,16,18-19H2,1-2H3. The van der Waals surface area contributed by atoms with Crippen LogP contribution in [0.2, 0.25) is 0 Å². The lowest BCUT2D eigenvalue weighted by atomic mass is 9.72. The third-order valence-electron chi connectivity index (χ3n) is 8.27. The summed E-state index contributed by atoms with van der Waals surface area (Å²) in [5.74, 6) is 0.485. The Morgan fingerprint density at radius 2 is 2.00 bits per heavy atom. The van der Waals surface area contributed by atoms with Crippen LogP contribution in [-0.2, 0) is 16.9 Å². The Morgan fingerprint density at radius 1 is 1.18 bits per heavy atom. The van der Waals surface area contributed by atoms with Gasteiger partial charge in [0.25, 0.3) is 0 Å². The number of piperidine rings is 2. The summed E-state index contributed by atoms with van der Waals surface area (Å²) >= 11 is 3.62. The molecular formula is C28H35BrN4O. The predicted octanol–water partition coefficient (Wildman–Crippen LogP) is 5.22. The first-order chi connectivity index (χ1) is 16.5. The van der Waals surface area contributed by atoms with Gasteiger partial charge in [0.1, 0.15) is 0 Å². The van der Waals surface area contributed by atoms with Crippen LogP contribution in [0, 0.1) is 5.92 Å². The van der Waals surface area contributed by atoms with E-state index in [2.05, 4.69) is 104 Å². The van der Waals surface area contributed by atoms with Crippen molar-refractivity contribution < 1.29 is 4.79 Å². The van der Waals surface area contributed by atoms with Crippen molar-refractivity contribution in [1.29, 1.82) is 0 Å². The van der Waals surface area contributed by atoms with Crippen LogP contribution in [0.1, 0.15) is 36.8 Å². The molecule has 0 aliphatic carbocycles. The van der Waals surface area contributed by atoms with E-state index in [1.807, 2.05) is 0 Å². The second-order valence-corrected chi connectivity index (χ2v) is 11.2. The minimum Gasteiger partial charge on any atom is -0.361 e. The third-order valence-corrected chi connectivity index (χ3v) is 8.76. The minimum absolute atomic E-state index is 0.0309. The van der Waals surface area contributed by atoms with Crippen LogP contribution in [-0.4, -0.2) is 65.9 Å². The molecule has 0 radical (unpaired) electrons. The van der Waals surface area contributed by atoms with Crippen LogP contribution < -0.4 is 0 Å². The number of hydrogen-bond donors (Lipinski definition) is 1. The van der Waals surface area contributed by atoms with Gasteiger partial charge in [0.2, 0.25) is 6.41 Å². The van der Waals surface area contributed by atoms with Crippen LogP contribution in [0.15, 0.2) is 59.2 Å². The van der Waals surface area contributed by atoms with Gasteiger partial charge in [-0.05, 0) is 81.6 Å². The lowest BCUT2D eigenvalue weighted by Gasteiger charge is -2.52. The quantitative estimate of drug-likeness (QED) is 0.451. The summed E-state index contributed by atoms with van der Waals surface area (Å²) < 4.78 is 1.11. The molecule has 3 aromatic rings. The van der Waals surface area contributed by atoms with Crippen LogP contribution in [0.25, 0.3) is 10.9 Å². The molecule has 0 saturated carbocycles. The highest BCUT2D eigenvalue weighted by atomic mass is 79.9. The van der Waals surface area contributed by atoms with Gasteiger partial charge in [-0.2, -0.15) is 0 Å². The van der Waals surface area contributed by atoms with Gasteiger partial charge in [0, 0.05) is 52.8 Å². The molecule has 1 amide bonds. The first-order valence-corrected chi connectivity index (χ1v) is 13.2. The van der Waals surface area contributed by atoms with Crippen molar-refractivity contribution in [2.45, 2.75) is 43.8 Å². The topological polar surface area (TPSA) is 42.6 Å². The maximum Gasteiger partial charge on any atom is 0.209 e. The minimum atomic E-state index is -0.0309. The van der Waals surface area contributed by atoms with E-state index in [9.17, 15) is 4.79 Å². The fraction of sp³-hybridized carbons (Fsp3) is 0.464. The molecule has 1 N–H and O–H groups in total. The molecule has 5 rings (SSSR count). The van der Waals surface area contributed by atoms with E-state index >= 15 is 0 Å². The van der Waals surface area contributed by atoms with Gasteiger partial charge in [0.15, 0.2) is 0 Å². The van der Waals surface area contributed by atoms with Gasteiger partial charge in [-0.3, -0.25) is 14.6 Å². The maximum absolute atomic E-state index is 12.1. The van der Waals surface area contributed by atoms with E-state index in [0.717, 1.165) is 49.9 Å². The zero-order valence-corrected chi connectivity index (χ0v) is 21.8. The molecule has 3 atom stereocenters. The highest BCUT2D eigenvalue weighted by Gasteiger charge is 2.45. The molecule has 2 aromatic carbocycles. The average molecular weight is 524 g/mol. The van der Waals surface area contributed by atoms with Crippen molar-refractivity contribution >= 4 is 33.2 Å². The average Bonchev–Trinajstić information content (AvgIpc) is 3.25. The summed E-state index contributed by atoms with van der Waals surface area (Å²) in [6, 6.07) is 17.6. The van der Waals surface area contributed by atoms with Crippen molar-refractivity contribution in [2.24, 2.45) is 5.92 Å². The summed E-state index contributed by atoms with van der Waals surface area (Å²) in [5.41, 5.74) is 3.87. The van der Waals surface area contributed by atoms with Gasteiger partial charge < -0.3 is 9.88 Å². The summed E-state index contributed by atoms with van der Waals surface area (Å²) in [6.45, 7) is 3.91. The molecule has 0 spiro atoms. The maximum atomic E-state index is 12.1. The Morgan fingerprint density at radius 3 is 2.76 bits per heavy atom. The lowest BCUT2D eigenvalue weighted by Crippen LogP contribution is -2.58. The van der Waals surface area contributed by atoms with Gasteiger partial charge in [-0.25, -0.2) is 0 Å². The second-order valence-electron chi connectivity index (χ2n) is 10.3. The number of nitrogens with one attached hydrogen (secondary N) is 1. The summed E-state index contributed by atoms with van der Waals surface area (Å²) in [6.07, 6.45) is 7.58. The SMILES string of the molecule is CN(C)C1(c2ccccc2)CCN(C=O)C(C2CCCN(Cc3c[nH]c4ccc(Br)cc34)C2)C1. The number of amides is 1. The number of halogens is 1. The van der Waals surface area contributed by atoms with Crippen LogP contribution in [0.4, 0.5) is 0 Å². The number of carbonyl (C=O) groups excluding carboxylic acids is 1. The van der Waals surface area contributed by atoms with Crippen molar-refractivity contribution in [3.63, 3.8) is 0 Å². The monoisotopic (exact) mass is 522 g/mol. The number of nitrogens with zero attached hydrogens (tertiary/aromatic N) is 3. The molecule has 3 heterocycles. The first kappa shape index (κ1) is 23.6. The number of carbonyl (C=O) groups is 1. The Bertz CT molecular complexity index is 1130. The summed E-state index contributed by atoms with van der Waals surface area (Å²) in [7, 11) is 4.39. The van der Waals surface area contributed by atoms with E-state index in [0.29, 0.717) is 5.92 Å². The number of aromatic nitrogens is 1.